The Hall–Kier alpha value is -1.96. The molecule has 0 heterocycles. The monoisotopic (exact) mass is 254 g/mol. The first-order chi connectivity index (χ1) is 9.29. The average molecular weight is 254 g/mol. The molecule has 2 N–H and O–H groups in total. The number of nitrogen functional groups attached to an aromatic ring is 1. The van der Waals surface area contributed by atoms with Crippen molar-refractivity contribution in [3.05, 3.63) is 60.2 Å². The Balaban J connectivity index is 1.89. The van der Waals surface area contributed by atoms with Gasteiger partial charge < -0.3 is 10.6 Å². The van der Waals surface area contributed by atoms with Crippen LogP contribution in [0.15, 0.2) is 54.6 Å². The average Bonchev–Trinajstić information content (AvgIpc) is 2.45. The van der Waals surface area contributed by atoms with Gasteiger partial charge in [-0.25, -0.2) is 0 Å². The van der Waals surface area contributed by atoms with Crippen LogP contribution in [0.2, 0.25) is 0 Å². The minimum Gasteiger partial charge on any atom is -0.399 e. The topological polar surface area (TPSA) is 29.3 Å². The lowest BCUT2D eigenvalue weighted by atomic mass is 10.1. The summed E-state index contributed by atoms with van der Waals surface area (Å²) in [6.07, 6.45) is 2.28. The first-order valence-corrected chi connectivity index (χ1v) is 6.94. The molecule has 0 bridgehead atoms. The maximum Gasteiger partial charge on any atom is 0.0386 e. The number of hydrogen-bond donors (Lipinski definition) is 1. The number of aryl methyl sites for hydroxylation is 1. The number of rotatable bonds is 6. The van der Waals surface area contributed by atoms with Crippen LogP contribution in [0.3, 0.4) is 0 Å². The third kappa shape index (κ3) is 4.02. The van der Waals surface area contributed by atoms with E-state index >= 15 is 0 Å². The third-order valence-corrected chi connectivity index (χ3v) is 3.35. The Kier molecular flexibility index (Phi) is 4.85. The zero-order valence-electron chi connectivity index (χ0n) is 11.5. The summed E-state index contributed by atoms with van der Waals surface area (Å²) in [4.78, 5) is 2.37. The minimum absolute atomic E-state index is 0.832. The van der Waals surface area contributed by atoms with E-state index in [0.717, 1.165) is 31.6 Å². The van der Waals surface area contributed by atoms with Gasteiger partial charge in [-0.05, 0) is 43.5 Å². The zero-order chi connectivity index (χ0) is 13.5. The second-order valence-corrected chi connectivity index (χ2v) is 4.76. The van der Waals surface area contributed by atoms with Crippen molar-refractivity contribution < 1.29 is 0 Å². The Morgan fingerprint density at radius 3 is 2.47 bits per heavy atom. The smallest absolute Gasteiger partial charge is 0.0386 e. The molecule has 2 rings (SSSR count). The van der Waals surface area contributed by atoms with Crippen LogP contribution in [-0.4, -0.2) is 13.1 Å². The third-order valence-electron chi connectivity index (χ3n) is 3.35. The summed E-state index contributed by atoms with van der Waals surface area (Å²) in [5.74, 6) is 0. The number of nitrogens with two attached hydrogens (primary N) is 1. The lowest BCUT2D eigenvalue weighted by Crippen LogP contribution is -2.24. The Morgan fingerprint density at radius 1 is 1.00 bits per heavy atom. The molecule has 0 saturated heterocycles. The summed E-state index contributed by atoms with van der Waals surface area (Å²) in [5, 5.41) is 0. The van der Waals surface area contributed by atoms with Crippen molar-refractivity contribution in [2.45, 2.75) is 19.8 Å². The molecular weight excluding hydrogens is 232 g/mol. The maximum absolute atomic E-state index is 5.84. The van der Waals surface area contributed by atoms with Gasteiger partial charge in [-0.3, -0.25) is 0 Å². The van der Waals surface area contributed by atoms with Crippen molar-refractivity contribution in [3.8, 4) is 0 Å². The first kappa shape index (κ1) is 13.5. The molecule has 0 aromatic heterocycles. The van der Waals surface area contributed by atoms with E-state index in [0.29, 0.717) is 0 Å². The molecule has 19 heavy (non-hydrogen) atoms. The molecule has 2 nitrogen and oxygen atoms in total. The van der Waals surface area contributed by atoms with E-state index in [-0.39, 0.29) is 0 Å². The molecule has 0 saturated carbocycles. The largest absolute Gasteiger partial charge is 0.399 e. The second kappa shape index (κ2) is 6.83. The van der Waals surface area contributed by atoms with Gasteiger partial charge in [-0.15, -0.1) is 0 Å². The fourth-order valence-electron chi connectivity index (χ4n) is 2.31. The number of hydrogen-bond acceptors (Lipinski definition) is 2. The van der Waals surface area contributed by atoms with E-state index in [1.54, 1.807) is 0 Å². The normalized spacial score (nSPS) is 10.4. The van der Waals surface area contributed by atoms with Gasteiger partial charge in [-0.2, -0.15) is 0 Å². The fraction of sp³-hybridized carbons (Fsp3) is 0.294. The van der Waals surface area contributed by atoms with E-state index in [1.165, 1.54) is 11.3 Å². The summed E-state index contributed by atoms with van der Waals surface area (Å²) >= 11 is 0. The fourth-order valence-corrected chi connectivity index (χ4v) is 2.31. The zero-order valence-corrected chi connectivity index (χ0v) is 11.5. The van der Waals surface area contributed by atoms with E-state index in [2.05, 4.69) is 48.2 Å². The number of benzene rings is 2. The van der Waals surface area contributed by atoms with E-state index in [4.69, 9.17) is 5.73 Å². The van der Waals surface area contributed by atoms with Crippen LogP contribution >= 0.6 is 0 Å². The van der Waals surface area contributed by atoms with E-state index in [9.17, 15) is 0 Å². The summed E-state index contributed by atoms with van der Waals surface area (Å²) in [7, 11) is 0. The first-order valence-electron chi connectivity index (χ1n) is 6.94. The molecule has 100 valence electrons. The van der Waals surface area contributed by atoms with Crippen molar-refractivity contribution in [2.24, 2.45) is 0 Å². The minimum atomic E-state index is 0.832. The molecule has 0 spiro atoms. The molecule has 0 atom stereocenters. The van der Waals surface area contributed by atoms with Gasteiger partial charge in [0.05, 0.1) is 0 Å². The molecule has 0 amide bonds. The van der Waals surface area contributed by atoms with Crippen LogP contribution in [0, 0.1) is 0 Å². The van der Waals surface area contributed by atoms with Gasteiger partial charge in [0.15, 0.2) is 0 Å². The van der Waals surface area contributed by atoms with Gasteiger partial charge in [0.25, 0.3) is 0 Å². The standard InChI is InChI=1S/C17H22N2/c1-2-19(17-12-6-11-16(18)14-17)13-7-10-15-8-4-3-5-9-15/h3-6,8-9,11-12,14H,2,7,10,13,18H2,1H3. The molecular formula is C17H22N2. The molecule has 0 aliphatic carbocycles. The second-order valence-electron chi connectivity index (χ2n) is 4.76. The number of nitrogens with zero attached hydrogens (tertiary/aromatic N) is 1. The lowest BCUT2D eigenvalue weighted by molar-refractivity contribution is 0.746. The predicted octanol–water partition coefficient (Wildman–Crippen LogP) is 3.73. The molecule has 2 aromatic rings. The molecule has 0 aliphatic heterocycles. The summed E-state index contributed by atoms with van der Waals surface area (Å²) < 4.78 is 0. The molecule has 0 fully saturated rings. The lowest BCUT2D eigenvalue weighted by Gasteiger charge is -2.23. The summed E-state index contributed by atoms with van der Waals surface area (Å²) in [6.45, 7) is 4.26. The molecule has 0 radical (unpaired) electrons. The Labute approximate surface area is 115 Å². The SMILES string of the molecule is CCN(CCCc1ccccc1)c1cccc(N)c1. The van der Waals surface area contributed by atoms with Gasteiger partial charge in [0, 0.05) is 24.5 Å². The summed E-state index contributed by atoms with van der Waals surface area (Å²) in [5.41, 5.74) is 9.30. The van der Waals surface area contributed by atoms with Crippen molar-refractivity contribution in [3.63, 3.8) is 0 Å². The van der Waals surface area contributed by atoms with Crippen LogP contribution in [-0.2, 0) is 6.42 Å². The Morgan fingerprint density at radius 2 is 1.79 bits per heavy atom. The molecule has 2 heteroatoms. The van der Waals surface area contributed by atoms with Crippen LogP contribution in [0.25, 0.3) is 0 Å². The van der Waals surface area contributed by atoms with E-state index < -0.39 is 0 Å². The van der Waals surface area contributed by atoms with Crippen LogP contribution < -0.4 is 10.6 Å². The van der Waals surface area contributed by atoms with Crippen molar-refractivity contribution in [1.82, 2.24) is 0 Å². The van der Waals surface area contributed by atoms with Crippen molar-refractivity contribution in [2.75, 3.05) is 23.7 Å². The van der Waals surface area contributed by atoms with Crippen LogP contribution in [0.5, 0.6) is 0 Å². The van der Waals surface area contributed by atoms with Crippen molar-refractivity contribution in [1.29, 1.82) is 0 Å². The molecule has 0 unspecified atom stereocenters. The van der Waals surface area contributed by atoms with Crippen LogP contribution in [0.4, 0.5) is 11.4 Å². The highest BCUT2D eigenvalue weighted by atomic mass is 15.1. The van der Waals surface area contributed by atoms with Gasteiger partial charge >= 0.3 is 0 Å². The predicted molar refractivity (Wildman–Crippen MR) is 83.5 cm³/mol. The Bertz CT molecular complexity index is 494. The van der Waals surface area contributed by atoms with Gasteiger partial charge in [-0.1, -0.05) is 36.4 Å². The highest BCUT2D eigenvalue weighted by Gasteiger charge is 2.04. The quantitative estimate of drug-likeness (QED) is 0.796. The van der Waals surface area contributed by atoms with E-state index in [1.807, 2.05) is 18.2 Å². The summed E-state index contributed by atoms with van der Waals surface area (Å²) in [6, 6.07) is 18.8. The van der Waals surface area contributed by atoms with Crippen LogP contribution in [0.1, 0.15) is 18.9 Å². The van der Waals surface area contributed by atoms with Crippen molar-refractivity contribution >= 4 is 11.4 Å². The maximum atomic E-state index is 5.84. The molecule has 2 aromatic carbocycles. The molecule has 0 aliphatic rings. The highest BCUT2D eigenvalue weighted by Crippen LogP contribution is 2.18. The number of anilines is 2. The van der Waals surface area contributed by atoms with Gasteiger partial charge in [0.2, 0.25) is 0 Å². The van der Waals surface area contributed by atoms with Gasteiger partial charge in [0.1, 0.15) is 0 Å². The highest BCUT2D eigenvalue weighted by molar-refractivity contribution is 5.55.